The highest BCUT2D eigenvalue weighted by atomic mass is 16.5. The Labute approximate surface area is 89.7 Å². The third kappa shape index (κ3) is 1.38. The fourth-order valence-electron chi connectivity index (χ4n) is 2.31. The van der Waals surface area contributed by atoms with E-state index in [9.17, 15) is 0 Å². The van der Waals surface area contributed by atoms with Crippen molar-refractivity contribution in [3.8, 4) is 0 Å². The molecule has 80 valence electrons. The van der Waals surface area contributed by atoms with Crippen LogP contribution < -0.4 is 0 Å². The van der Waals surface area contributed by atoms with Crippen LogP contribution >= 0.6 is 0 Å². The van der Waals surface area contributed by atoms with Crippen LogP contribution in [0, 0.1) is 5.92 Å². The van der Waals surface area contributed by atoms with Gasteiger partial charge in [-0.05, 0) is 18.4 Å². The average molecular weight is 205 g/mol. The zero-order valence-corrected chi connectivity index (χ0v) is 8.80. The molecule has 0 bridgehead atoms. The number of ether oxygens (including phenoxy) is 2. The molecule has 1 saturated heterocycles. The van der Waals surface area contributed by atoms with Crippen molar-refractivity contribution in [3.05, 3.63) is 36.3 Å². The Morgan fingerprint density at radius 3 is 2.93 bits per heavy atom. The molecule has 2 aliphatic heterocycles. The Kier molecular flexibility index (Phi) is 2.06. The lowest BCUT2D eigenvalue weighted by atomic mass is 9.95. The minimum absolute atomic E-state index is 0.429. The number of rotatable bonds is 2. The summed E-state index contributed by atoms with van der Waals surface area (Å²) in [4.78, 5) is 2.39. The lowest BCUT2D eigenvalue weighted by Gasteiger charge is -2.39. The van der Waals surface area contributed by atoms with Gasteiger partial charge in [-0.25, -0.2) is 0 Å². The Morgan fingerprint density at radius 2 is 2.27 bits per heavy atom. The maximum Gasteiger partial charge on any atom is 0.116 e. The van der Waals surface area contributed by atoms with Crippen LogP contribution in [0.3, 0.4) is 0 Å². The van der Waals surface area contributed by atoms with Crippen molar-refractivity contribution in [1.82, 2.24) is 4.90 Å². The molecule has 0 aromatic rings. The van der Waals surface area contributed by atoms with Crippen molar-refractivity contribution in [2.45, 2.75) is 12.1 Å². The second kappa shape index (κ2) is 3.42. The second-order valence-corrected chi connectivity index (χ2v) is 4.18. The summed E-state index contributed by atoms with van der Waals surface area (Å²) >= 11 is 0. The fraction of sp³-hybridized carbons (Fsp3) is 0.500. The van der Waals surface area contributed by atoms with E-state index in [2.05, 4.69) is 29.3 Å². The molecule has 2 atom stereocenters. The molecule has 0 N–H and O–H groups in total. The standard InChI is InChI=1S/C12H15NO2/c1-14-11-3-2-9-4-5-13(12(9)6-11)10-7-15-8-10/h2-6,9-10,12H,7-8H2,1H3. The number of methoxy groups -OCH3 is 1. The summed E-state index contributed by atoms with van der Waals surface area (Å²) in [6.07, 6.45) is 10.9. The van der Waals surface area contributed by atoms with Gasteiger partial charge in [0.2, 0.25) is 0 Å². The number of nitrogens with zero attached hydrogens (tertiary/aromatic N) is 1. The molecule has 0 aromatic carbocycles. The average Bonchev–Trinajstić information content (AvgIpc) is 2.59. The van der Waals surface area contributed by atoms with Gasteiger partial charge in [0.05, 0.1) is 32.4 Å². The summed E-state index contributed by atoms with van der Waals surface area (Å²) in [6.45, 7) is 1.71. The van der Waals surface area contributed by atoms with Gasteiger partial charge < -0.3 is 14.4 Å². The first-order valence-corrected chi connectivity index (χ1v) is 5.36. The normalized spacial score (nSPS) is 33.7. The van der Waals surface area contributed by atoms with Gasteiger partial charge in [-0.1, -0.05) is 12.2 Å². The van der Waals surface area contributed by atoms with Crippen LogP contribution in [0.5, 0.6) is 0 Å². The minimum atomic E-state index is 0.429. The molecule has 3 aliphatic rings. The van der Waals surface area contributed by atoms with E-state index in [0.717, 1.165) is 19.0 Å². The quantitative estimate of drug-likeness (QED) is 0.678. The van der Waals surface area contributed by atoms with Gasteiger partial charge in [0.15, 0.2) is 0 Å². The summed E-state index contributed by atoms with van der Waals surface area (Å²) in [7, 11) is 1.72. The Balaban J connectivity index is 1.80. The topological polar surface area (TPSA) is 21.7 Å². The smallest absolute Gasteiger partial charge is 0.116 e. The van der Waals surface area contributed by atoms with Crippen LogP contribution in [0.1, 0.15) is 0 Å². The Morgan fingerprint density at radius 1 is 1.40 bits per heavy atom. The highest BCUT2D eigenvalue weighted by Crippen LogP contribution is 2.31. The van der Waals surface area contributed by atoms with Crippen molar-refractivity contribution < 1.29 is 9.47 Å². The predicted octanol–water partition coefficient (Wildman–Crippen LogP) is 1.30. The van der Waals surface area contributed by atoms with E-state index in [1.807, 2.05) is 6.08 Å². The molecule has 1 aliphatic carbocycles. The predicted molar refractivity (Wildman–Crippen MR) is 57.1 cm³/mol. The van der Waals surface area contributed by atoms with Gasteiger partial charge >= 0.3 is 0 Å². The van der Waals surface area contributed by atoms with E-state index in [-0.39, 0.29) is 0 Å². The zero-order valence-electron chi connectivity index (χ0n) is 8.80. The Bertz CT molecular complexity index is 342. The number of hydrogen-bond donors (Lipinski definition) is 0. The largest absolute Gasteiger partial charge is 0.497 e. The first-order chi connectivity index (χ1) is 7.38. The molecule has 0 saturated carbocycles. The SMILES string of the molecule is COC1=CC2C(C=C1)C=CN2C1COC1. The molecule has 15 heavy (non-hydrogen) atoms. The van der Waals surface area contributed by atoms with E-state index in [1.54, 1.807) is 7.11 Å². The zero-order chi connectivity index (χ0) is 10.3. The third-order valence-corrected chi connectivity index (χ3v) is 3.31. The lowest BCUT2D eigenvalue weighted by molar-refractivity contribution is -0.0548. The van der Waals surface area contributed by atoms with Crippen molar-refractivity contribution >= 4 is 0 Å². The fourth-order valence-corrected chi connectivity index (χ4v) is 2.31. The number of fused-ring (bicyclic) bond motifs is 1. The van der Waals surface area contributed by atoms with Gasteiger partial charge in [0.25, 0.3) is 0 Å². The van der Waals surface area contributed by atoms with Crippen molar-refractivity contribution in [2.24, 2.45) is 5.92 Å². The van der Waals surface area contributed by atoms with Crippen LogP contribution in [-0.4, -0.2) is 37.3 Å². The van der Waals surface area contributed by atoms with E-state index in [0.29, 0.717) is 18.0 Å². The molecule has 3 rings (SSSR count). The molecular formula is C12H15NO2. The van der Waals surface area contributed by atoms with Crippen molar-refractivity contribution in [2.75, 3.05) is 20.3 Å². The summed E-state index contributed by atoms with van der Waals surface area (Å²) < 4.78 is 10.5. The van der Waals surface area contributed by atoms with Crippen LogP contribution in [0.4, 0.5) is 0 Å². The minimum Gasteiger partial charge on any atom is -0.497 e. The maximum atomic E-state index is 5.27. The van der Waals surface area contributed by atoms with Gasteiger partial charge in [0.1, 0.15) is 5.76 Å². The van der Waals surface area contributed by atoms with Crippen LogP contribution in [0.25, 0.3) is 0 Å². The molecule has 3 heteroatoms. The highest BCUT2D eigenvalue weighted by Gasteiger charge is 2.35. The first-order valence-electron chi connectivity index (χ1n) is 5.36. The molecular weight excluding hydrogens is 190 g/mol. The lowest BCUT2D eigenvalue weighted by Crippen LogP contribution is -2.50. The van der Waals surface area contributed by atoms with Gasteiger partial charge in [0, 0.05) is 5.92 Å². The molecule has 0 aromatic heterocycles. The van der Waals surface area contributed by atoms with Crippen LogP contribution in [-0.2, 0) is 9.47 Å². The van der Waals surface area contributed by atoms with E-state index in [4.69, 9.17) is 9.47 Å². The second-order valence-electron chi connectivity index (χ2n) is 4.18. The van der Waals surface area contributed by atoms with Crippen LogP contribution in [0.2, 0.25) is 0 Å². The molecule has 1 fully saturated rings. The van der Waals surface area contributed by atoms with E-state index >= 15 is 0 Å². The maximum absolute atomic E-state index is 5.27. The van der Waals surface area contributed by atoms with E-state index in [1.165, 1.54) is 0 Å². The summed E-state index contributed by atoms with van der Waals surface area (Å²) in [5, 5.41) is 0. The monoisotopic (exact) mass is 205 g/mol. The van der Waals surface area contributed by atoms with Crippen molar-refractivity contribution in [1.29, 1.82) is 0 Å². The molecule has 2 heterocycles. The molecule has 0 radical (unpaired) electrons. The Hall–Kier alpha value is -1.22. The number of hydrogen-bond acceptors (Lipinski definition) is 3. The van der Waals surface area contributed by atoms with Crippen LogP contribution in [0.15, 0.2) is 36.3 Å². The van der Waals surface area contributed by atoms with Gasteiger partial charge in [-0.15, -0.1) is 0 Å². The number of allylic oxidation sites excluding steroid dienone is 1. The van der Waals surface area contributed by atoms with Gasteiger partial charge in [-0.2, -0.15) is 0 Å². The summed E-state index contributed by atoms with van der Waals surface area (Å²) in [6, 6.07) is 0.982. The molecule has 0 amide bonds. The molecule has 3 nitrogen and oxygen atoms in total. The van der Waals surface area contributed by atoms with Gasteiger partial charge in [-0.3, -0.25) is 0 Å². The summed E-state index contributed by atoms with van der Waals surface area (Å²) in [5.41, 5.74) is 0. The third-order valence-electron chi connectivity index (χ3n) is 3.31. The molecule has 2 unspecified atom stereocenters. The first kappa shape index (κ1) is 9.04. The highest BCUT2D eigenvalue weighted by molar-refractivity contribution is 5.30. The summed E-state index contributed by atoms with van der Waals surface area (Å²) in [5.74, 6) is 1.47. The van der Waals surface area contributed by atoms with E-state index < -0.39 is 0 Å². The van der Waals surface area contributed by atoms with Crippen molar-refractivity contribution in [3.63, 3.8) is 0 Å². The molecule has 0 spiro atoms.